The third-order valence-electron chi connectivity index (χ3n) is 5.09. The molecule has 1 aliphatic rings. The number of allylic oxidation sites excluding steroid dienone is 1. The van der Waals surface area contributed by atoms with Gasteiger partial charge < -0.3 is 9.64 Å². The summed E-state index contributed by atoms with van der Waals surface area (Å²) < 4.78 is 4.84. The van der Waals surface area contributed by atoms with Gasteiger partial charge >= 0.3 is 6.09 Å². The van der Waals surface area contributed by atoms with Crippen LogP contribution in [0.25, 0.3) is 0 Å². The summed E-state index contributed by atoms with van der Waals surface area (Å²) >= 11 is 6.05. The van der Waals surface area contributed by atoms with Gasteiger partial charge in [-0.15, -0.1) is 0 Å². The zero-order chi connectivity index (χ0) is 19.3. The van der Waals surface area contributed by atoms with Gasteiger partial charge in [0.1, 0.15) is 0 Å². The molecule has 0 bridgehead atoms. The van der Waals surface area contributed by atoms with Gasteiger partial charge in [0.25, 0.3) is 0 Å². The first-order valence-electron chi connectivity index (χ1n) is 9.21. The Hall–Kier alpha value is -1.52. The number of benzene rings is 1. The summed E-state index contributed by atoms with van der Waals surface area (Å²) in [5, 5.41) is 0.768. The Kier molecular flexibility index (Phi) is 7.13. The predicted molar refractivity (Wildman–Crippen MR) is 108 cm³/mol. The molecule has 0 aliphatic carbocycles. The average molecular weight is 379 g/mol. The highest BCUT2D eigenvalue weighted by atomic mass is 35.5. The summed E-state index contributed by atoms with van der Waals surface area (Å²) in [5.74, 6) is 0. The van der Waals surface area contributed by atoms with Crippen LogP contribution in [-0.2, 0) is 10.2 Å². The number of hydrogen-bond acceptors (Lipinski definition) is 3. The van der Waals surface area contributed by atoms with Crippen LogP contribution in [0.15, 0.2) is 35.9 Å². The lowest BCUT2D eigenvalue weighted by atomic mass is 9.78. The van der Waals surface area contributed by atoms with Crippen LogP contribution in [0.1, 0.15) is 39.7 Å². The standard InChI is InChI=1S/C21H31ClN2O2/c1-16(2)14-19(23-10-12-24(13-11-23)20(25)26-5)15-21(3,4)17-6-8-18(22)9-7-17/h6-9,14,19H,10-13,15H2,1-5H3. The fraction of sp³-hybridized carbons (Fsp3) is 0.571. The van der Waals surface area contributed by atoms with Gasteiger partial charge in [-0.2, -0.15) is 0 Å². The zero-order valence-electron chi connectivity index (χ0n) is 16.6. The van der Waals surface area contributed by atoms with Crippen molar-refractivity contribution in [3.05, 3.63) is 46.5 Å². The first-order valence-corrected chi connectivity index (χ1v) is 9.59. The fourth-order valence-corrected chi connectivity index (χ4v) is 3.71. The highest BCUT2D eigenvalue weighted by molar-refractivity contribution is 6.30. The van der Waals surface area contributed by atoms with Crippen LogP contribution in [0.3, 0.4) is 0 Å². The Bertz CT molecular complexity index is 628. The summed E-state index contributed by atoms with van der Waals surface area (Å²) in [6.07, 6.45) is 3.13. The van der Waals surface area contributed by atoms with Crippen LogP contribution in [0, 0.1) is 0 Å². The number of ether oxygens (including phenoxy) is 1. The average Bonchev–Trinajstić information content (AvgIpc) is 2.60. The molecule has 1 saturated heterocycles. The molecule has 1 amide bonds. The minimum atomic E-state index is -0.232. The van der Waals surface area contributed by atoms with Crippen LogP contribution >= 0.6 is 11.6 Å². The minimum absolute atomic E-state index is 0.0285. The number of amides is 1. The van der Waals surface area contributed by atoms with E-state index in [-0.39, 0.29) is 11.5 Å². The van der Waals surface area contributed by atoms with Crippen LogP contribution in [0.4, 0.5) is 4.79 Å². The zero-order valence-corrected chi connectivity index (χ0v) is 17.3. The van der Waals surface area contributed by atoms with Crippen molar-refractivity contribution in [2.75, 3.05) is 33.3 Å². The number of piperazine rings is 1. The smallest absolute Gasteiger partial charge is 0.409 e. The van der Waals surface area contributed by atoms with Crippen molar-refractivity contribution < 1.29 is 9.53 Å². The molecule has 0 spiro atoms. The van der Waals surface area contributed by atoms with Crippen molar-refractivity contribution in [3.8, 4) is 0 Å². The number of rotatable bonds is 5. The maximum atomic E-state index is 11.7. The number of halogens is 1. The molecular weight excluding hydrogens is 348 g/mol. The normalized spacial score (nSPS) is 16.9. The van der Waals surface area contributed by atoms with Crippen molar-refractivity contribution in [2.24, 2.45) is 0 Å². The summed E-state index contributed by atoms with van der Waals surface area (Å²) in [6.45, 7) is 12.0. The van der Waals surface area contributed by atoms with Crippen molar-refractivity contribution in [2.45, 2.75) is 45.6 Å². The summed E-state index contributed by atoms with van der Waals surface area (Å²) in [5.41, 5.74) is 2.64. The Morgan fingerprint density at radius 3 is 2.27 bits per heavy atom. The van der Waals surface area contributed by atoms with E-state index in [0.29, 0.717) is 19.1 Å². The minimum Gasteiger partial charge on any atom is -0.453 e. The molecule has 1 atom stereocenters. The van der Waals surface area contributed by atoms with Crippen LogP contribution in [-0.4, -0.2) is 55.2 Å². The SMILES string of the molecule is COC(=O)N1CCN(C(C=C(C)C)CC(C)(C)c2ccc(Cl)cc2)CC1. The van der Waals surface area contributed by atoms with Crippen molar-refractivity contribution in [1.82, 2.24) is 9.80 Å². The van der Waals surface area contributed by atoms with E-state index in [4.69, 9.17) is 16.3 Å². The molecule has 0 aromatic heterocycles. The molecule has 1 aromatic rings. The van der Waals surface area contributed by atoms with Gasteiger partial charge in [0.2, 0.25) is 0 Å². The molecule has 1 aromatic carbocycles. The molecule has 5 heteroatoms. The monoisotopic (exact) mass is 378 g/mol. The summed E-state index contributed by atoms with van der Waals surface area (Å²) in [7, 11) is 1.44. The Labute approximate surface area is 162 Å². The lowest BCUT2D eigenvalue weighted by Gasteiger charge is -2.40. The van der Waals surface area contributed by atoms with E-state index in [0.717, 1.165) is 24.5 Å². The highest BCUT2D eigenvalue weighted by Crippen LogP contribution is 2.32. The lowest BCUT2D eigenvalue weighted by molar-refractivity contribution is 0.0773. The Morgan fingerprint density at radius 2 is 1.77 bits per heavy atom. The first kappa shape index (κ1) is 20.8. The van der Waals surface area contributed by atoms with Crippen molar-refractivity contribution >= 4 is 17.7 Å². The van der Waals surface area contributed by atoms with E-state index in [1.165, 1.54) is 18.2 Å². The largest absolute Gasteiger partial charge is 0.453 e. The van der Waals surface area contributed by atoms with E-state index < -0.39 is 0 Å². The maximum absolute atomic E-state index is 11.7. The van der Waals surface area contributed by atoms with Gasteiger partial charge in [-0.3, -0.25) is 4.90 Å². The van der Waals surface area contributed by atoms with E-state index >= 15 is 0 Å². The van der Waals surface area contributed by atoms with Crippen LogP contribution in [0.5, 0.6) is 0 Å². The summed E-state index contributed by atoms with van der Waals surface area (Å²) in [6, 6.07) is 8.51. The quantitative estimate of drug-likeness (QED) is 0.694. The van der Waals surface area contributed by atoms with Crippen LogP contribution in [0.2, 0.25) is 5.02 Å². The number of carbonyl (C=O) groups excluding carboxylic acids is 1. The first-order chi connectivity index (χ1) is 12.2. The summed E-state index contributed by atoms with van der Waals surface area (Å²) in [4.78, 5) is 16.0. The number of hydrogen-bond donors (Lipinski definition) is 0. The molecular formula is C21H31ClN2O2. The van der Waals surface area contributed by atoms with Gasteiger partial charge in [0.05, 0.1) is 7.11 Å². The molecule has 0 radical (unpaired) electrons. The molecule has 1 heterocycles. The Morgan fingerprint density at radius 1 is 1.19 bits per heavy atom. The van der Waals surface area contributed by atoms with Gasteiger partial charge in [-0.05, 0) is 43.4 Å². The third-order valence-corrected chi connectivity index (χ3v) is 5.34. The van der Waals surface area contributed by atoms with E-state index in [1.807, 2.05) is 12.1 Å². The predicted octanol–water partition coefficient (Wildman–Crippen LogP) is 4.73. The van der Waals surface area contributed by atoms with Crippen molar-refractivity contribution in [3.63, 3.8) is 0 Å². The van der Waals surface area contributed by atoms with Gasteiger partial charge in [0.15, 0.2) is 0 Å². The van der Waals surface area contributed by atoms with E-state index in [9.17, 15) is 4.79 Å². The molecule has 144 valence electrons. The van der Waals surface area contributed by atoms with Crippen molar-refractivity contribution in [1.29, 1.82) is 0 Å². The maximum Gasteiger partial charge on any atom is 0.409 e. The molecule has 1 aliphatic heterocycles. The second-order valence-electron chi connectivity index (χ2n) is 7.90. The number of carbonyl (C=O) groups is 1. The van der Waals surface area contributed by atoms with Gasteiger partial charge in [-0.25, -0.2) is 4.79 Å². The molecule has 0 saturated carbocycles. The molecule has 1 unspecified atom stereocenters. The van der Waals surface area contributed by atoms with Crippen LogP contribution < -0.4 is 0 Å². The second kappa shape index (κ2) is 8.92. The fourth-order valence-electron chi connectivity index (χ4n) is 3.59. The molecule has 4 nitrogen and oxygen atoms in total. The van der Waals surface area contributed by atoms with Gasteiger partial charge in [0, 0.05) is 37.2 Å². The lowest BCUT2D eigenvalue weighted by Crippen LogP contribution is -2.52. The molecule has 26 heavy (non-hydrogen) atoms. The highest BCUT2D eigenvalue weighted by Gasteiger charge is 2.30. The topological polar surface area (TPSA) is 32.8 Å². The molecule has 0 N–H and O–H groups in total. The van der Waals surface area contributed by atoms with Gasteiger partial charge in [-0.1, -0.05) is 49.2 Å². The second-order valence-corrected chi connectivity index (χ2v) is 8.34. The van der Waals surface area contributed by atoms with E-state index in [1.54, 1.807) is 4.90 Å². The molecule has 2 rings (SSSR count). The number of nitrogens with zero attached hydrogens (tertiary/aromatic N) is 2. The Balaban J connectivity index is 2.11. The third kappa shape index (κ3) is 5.49. The number of methoxy groups -OCH3 is 1. The van der Waals surface area contributed by atoms with E-state index in [2.05, 4.69) is 50.8 Å². The molecule has 1 fully saturated rings.